The van der Waals surface area contributed by atoms with Crippen molar-refractivity contribution < 1.29 is 101 Å². The molecule has 6 heavy (non-hydrogen) atoms. The van der Waals surface area contributed by atoms with Crippen molar-refractivity contribution in [2.75, 3.05) is 0 Å². The van der Waals surface area contributed by atoms with E-state index in [1.54, 1.807) is 18.0 Å². The van der Waals surface area contributed by atoms with Gasteiger partial charge in [0, 0.05) is 66.5 Å². The summed E-state index contributed by atoms with van der Waals surface area (Å²) in [5, 5.41) is 0. The summed E-state index contributed by atoms with van der Waals surface area (Å²) in [5.74, 6) is 0. The summed E-state index contributed by atoms with van der Waals surface area (Å²) < 4.78 is 0. The molecule has 0 fully saturated rings. The van der Waals surface area contributed by atoms with Crippen molar-refractivity contribution in [2.24, 2.45) is 0 Å². The summed E-state index contributed by atoms with van der Waals surface area (Å²) in [6.07, 6.45) is 0. The van der Waals surface area contributed by atoms with E-state index >= 15 is 0 Å². The zero-order valence-electron chi connectivity index (χ0n) is 2.30. The Kier molecular flexibility index (Phi) is 189. The Bertz CT molecular complexity index is 15.5. The Morgan fingerprint density at radius 2 is 1.17 bits per heavy atom. The molecule has 0 heterocycles. The quantitative estimate of drug-likeness (QED) is 0.442. The van der Waals surface area contributed by atoms with Gasteiger partial charge < -0.3 is 0 Å². The fourth-order valence-electron chi connectivity index (χ4n) is 0. The minimum absolute atomic E-state index is 0. The molecule has 0 unspecified atom stereocenters. The maximum Gasteiger partial charge on any atom is 0 e. The van der Waals surface area contributed by atoms with Gasteiger partial charge in [0.2, 0.25) is 0 Å². The van der Waals surface area contributed by atoms with E-state index in [9.17, 15) is 0 Å². The van der Waals surface area contributed by atoms with Gasteiger partial charge in [-0.3, -0.25) is 0 Å². The van der Waals surface area contributed by atoms with E-state index in [2.05, 4.69) is 0 Å². The molecule has 0 aliphatic carbocycles. The SMILES string of the molecule is [AlH3].[Nb][Mo].[Ti].[V].[Zr]. The van der Waals surface area contributed by atoms with Crippen molar-refractivity contribution in [3.05, 3.63) is 0 Å². The van der Waals surface area contributed by atoms with Crippen LogP contribution in [0.1, 0.15) is 0 Å². The van der Waals surface area contributed by atoms with Crippen LogP contribution >= 0.6 is 0 Å². The first-order valence-electron chi connectivity index (χ1n) is 0.183. The molecule has 0 aromatic carbocycles. The zero-order valence-corrected chi connectivity index (χ0v) is 11.9. The topological polar surface area (TPSA) is 0 Å². The molecule has 0 amide bonds. The molecule has 0 aliphatic rings. The molecule has 0 saturated heterocycles. The molecule has 0 aliphatic heterocycles. The largest absolute Gasteiger partial charge is 0 e. The van der Waals surface area contributed by atoms with Gasteiger partial charge in [-0.2, -0.15) is 0 Å². The third-order valence-electron chi connectivity index (χ3n) is 0. The summed E-state index contributed by atoms with van der Waals surface area (Å²) in [5.41, 5.74) is 0. The van der Waals surface area contributed by atoms with Gasteiger partial charge in [0.05, 0.1) is 0 Å². The van der Waals surface area contributed by atoms with Gasteiger partial charge in [0.15, 0.2) is 17.4 Å². The minimum atomic E-state index is 0. The molecule has 0 rings (SSSR count). The van der Waals surface area contributed by atoms with Gasteiger partial charge >= 0.3 is 34.5 Å². The second-order valence-electron chi connectivity index (χ2n) is 0. The maximum atomic E-state index is 2.00. The Morgan fingerprint density at radius 3 is 1.17 bits per heavy atom. The van der Waals surface area contributed by atoms with E-state index in [4.69, 9.17) is 0 Å². The average Bonchev–Trinajstić information content (AvgIpc) is 1.00. The first kappa shape index (κ1) is 32.1. The van der Waals surface area contributed by atoms with Crippen LogP contribution in [0.5, 0.6) is 0 Å². The average molecular weight is 409 g/mol. The van der Waals surface area contributed by atoms with Crippen LogP contribution in [0.2, 0.25) is 0 Å². The number of rotatable bonds is 0. The van der Waals surface area contributed by atoms with Crippen LogP contribution in [0, 0.1) is 0 Å². The van der Waals surface area contributed by atoms with E-state index in [1.165, 1.54) is 0 Å². The van der Waals surface area contributed by atoms with Crippen LogP contribution in [0.3, 0.4) is 0 Å². The Balaban J connectivity index is -0.000000000833. The van der Waals surface area contributed by atoms with Crippen LogP contribution < -0.4 is 0 Å². The van der Waals surface area contributed by atoms with E-state index in [0.717, 1.165) is 0 Å². The molecular weight excluding hydrogens is 406 g/mol. The smallest absolute Gasteiger partial charge is 0 e. The summed E-state index contributed by atoms with van der Waals surface area (Å²) in [6, 6.07) is 0. The van der Waals surface area contributed by atoms with Gasteiger partial charge in [0.25, 0.3) is 0 Å². The molecule has 0 atom stereocenters. The van der Waals surface area contributed by atoms with E-state index < -0.39 is 0 Å². The van der Waals surface area contributed by atoms with E-state index in [1.807, 2.05) is 16.5 Å². The molecule has 0 bridgehead atoms. The van der Waals surface area contributed by atoms with Crippen LogP contribution in [-0.4, -0.2) is 17.4 Å². The summed E-state index contributed by atoms with van der Waals surface area (Å²) in [6.45, 7) is 0. The third-order valence-corrected chi connectivity index (χ3v) is 0. The van der Waals surface area contributed by atoms with Crippen LogP contribution in [0.15, 0.2) is 0 Å². The standard InChI is InChI=1S/Al.Mo.Nb.Ti.V.Zr.3H. The Morgan fingerprint density at radius 1 is 1.17 bits per heavy atom. The summed E-state index contributed by atoms with van der Waals surface area (Å²) in [4.78, 5) is 0. The van der Waals surface area contributed by atoms with Crippen molar-refractivity contribution in [1.29, 1.82) is 0 Å². The van der Waals surface area contributed by atoms with Gasteiger partial charge in [-0.05, 0) is 0 Å². The second kappa shape index (κ2) is 35.3. The van der Waals surface area contributed by atoms with Crippen molar-refractivity contribution in [1.82, 2.24) is 0 Å². The fourth-order valence-corrected chi connectivity index (χ4v) is 0. The van der Waals surface area contributed by atoms with Crippen LogP contribution in [0.4, 0.5) is 0 Å². The van der Waals surface area contributed by atoms with Crippen molar-refractivity contribution in [3.63, 3.8) is 0 Å². The third kappa shape index (κ3) is 24.2. The molecule has 0 aromatic heterocycles. The van der Waals surface area contributed by atoms with Crippen molar-refractivity contribution in [3.8, 4) is 0 Å². The van der Waals surface area contributed by atoms with E-state index in [-0.39, 0.29) is 83.8 Å². The van der Waals surface area contributed by atoms with Gasteiger partial charge in [-0.1, -0.05) is 0 Å². The molecule has 6 heteroatoms. The molecule has 0 spiro atoms. The fraction of sp³-hybridized carbons (Fsp3) is 0. The van der Waals surface area contributed by atoms with Gasteiger partial charge in [-0.25, -0.2) is 0 Å². The van der Waals surface area contributed by atoms with Crippen LogP contribution in [-0.2, 0) is 101 Å². The molecule has 0 saturated carbocycles. The molecule has 0 nitrogen and oxygen atoms in total. The first-order chi connectivity index (χ1) is 1.00. The Hall–Kier alpha value is 4.14. The first-order valence-corrected chi connectivity index (χ1v) is 6.39. The molecule has 1 radical (unpaired) electrons. The zero-order chi connectivity index (χ0) is 2.00. The molecule has 0 N–H and O–H groups in total. The number of hydrogen-bond donors (Lipinski definition) is 0. The van der Waals surface area contributed by atoms with Crippen molar-refractivity contribution in [2.45, 2.75) is 0 Å². The van der Waals surface area contributed by atoms with Gasteiger partial charge in [-0.15, -0.1) is 0 Å². The van der Waals surface area contributed by atoms with Crippen LogP contribution in [0.25, 0.3) is 0 Å². The maximum absolute atomic E-state index is 2.00. The molecular formula is H3AlMoNbTiVZr. The number of hydrogen-bond acceptors (Lipinski definition) is 0. The van der Waals surface area contributed by atoms with Crippen molar-refractivity contribution >= 4 is 17.4 Å². The predicted molar refractivity (Wildman–Crippen MR) is 9.94 cm³/mol. The molecule has 0 aromatic rings. The minimum Gasteiger partial charge on any atom is 0 e. The van der Waals surface area contributed by atoms with E-state index in [0.29, 0.717) is 0 Å². The summed E-state index contributed by atoms with van der Waals surface area (Å²) in [7, 11) is 0. The summed E-state index contributed by atoms with van der Waals surface area (Å²) >= 11 is 3.76. The normalized spacial score (nSPS) is 0.667. The Labute approximate surface area is 116 Å². The monoisotopic (exact) mass is 410 g/mol. The second-order valence-corrected chi connectivity index (χ2v) is 0. The van der Waals surface area contributed by atoms with Gasteiger partial charge in [0.1, 0.15) is 0 Å². The predicted octanol–water partition coefficient (Wildman–Crippen LogP) is -1.20. The molecule has 30 valence electrons.